The van der Waals surface area contributed by atoms with E-state index < -0.39 is 17.3 Å². The third-order valence-corrected chi connectivity index (χ3v) is 24.4. The Labute approximate surface area is 812 Å². The molecule has 0 amide bonds. The van der Waals surface area contributed by atoms with Gasteiger partial charge in [0, 0.05) is 109 Å². The van der Waals surface area contributed by atoms with Crippen molar-refractivity contribution in [3.8, 4) is 6.01 Å². The predicted molar refractivity (Wildman–Crippen MR) is 537 cm³/mol. The van der Waals surface area contributed by atoms with E-state index in [0.29, 0.717) is 102 Å². The summed E-state index contributed by atoms with van der Waals surface area (Å²) in [7, 11) is 0. The van der Waals surface area contributed by atoms with Gasteiger partial charge in [0.25, 0.3) is 0 Å². The number of aromatic amines is 5. The summed E-state index contributed by atoms with van der Waals surface area (Å²) in [5, 5.41) is 26.2. The van der Waals surface area contributed by atoms with Crippen molar-refractivity contribution >= 4 is 189 Å². The SMILES string of the molecule is C.C.C=Cc1nc2ccccc2[nH]1.CC(=O)COc1nc(NCc2ncccc2F)c2nc(CCNCCc3nc4ccccc4[nH]3)sc2n1.Fc1cccnc1CNc1nc(Cl)nc2sc(CCNCCc3nc4ccccc4[nH]3)nc12.NCCc1nc2c(NCc3ncccc3F)nc(Cl)nc2s1.O=c1nc2sc(CCNCCc3nc4ccccc4[nH]3)nc2c(NCc2ncccc2F)[nH]1. The summed E-state index contributed by atoms with van der Waals surface area (Å²) in [6.07, 6.45) is 13.0. The Bertz CT molecular complexity index is 7430. The molecule has 138 heavy (non-hydrogen) atoms. The maximum atomic E-state index is 14.0. The number of ketones is 1. The number of Topliss-reactive ketones (excluding diaryl/α,β-unsaturated/α-hetero) is 1. The molecule has 0 saturated heterocycles. The van der Waals surface area contributed by atoms with Crippen LogP contribution < -0.4 is 53.4 Å². The summed E-state index contributed by atoms with van der Waals surface area (Å²) in [6.45, 7) is 10.6. The first-order chi connectivity index (χ1) is 66.4. The zero-order chi connectivity index (χ0) is 94.1. The van der Waals surface area contributed by atoms with Gasteiger partial charge in [-0.15, -0.1) is 0 Å². The van der Waals surface area contributed by atoms with Crippen LogP contribution in [-0.4, -0.2) is 178 Å². The average Bonchev–Trinajstić information content (AvgIpc) is 1.65. The Morgan fingerprint density at radius 1 is 0.399 bits per heavy atom. The molecule has 0 aliphatic heterocycles. The van der Waals surface area contributed by atoms with E-state index in [9.17, 15) is 27.2 Å². The van der Waals surface area contributed by atoms with Crippen LogP contribution in [0.1, 0.15) is 87.9 Å². The molecular weight excluding hydrogens is 1890 g/mol. The number of carbonyl (C=O) groups is 1. The molecule has 0 bridgehead atoms. The molecule has 0 fully saturated rings. The van der Waals surface area contributed by atoms with Crippen LogP contribution in [0.15, 0.2) is 182 Å². The van der Waals surface area contributed by atoms with E-state index >= 15 is 0 Å². The molecule has 14 N–H and O–H groups in total. The van der Waals surface area contributed by atoms with Gasteiger partial charge in [-0.25, -0.2) is 72.2 Å². The number of halogens is 6. The van der Waals surface area contributed by atoms with Gasteiger partial charge in [-0.3, -0.25) is 29.7 Å². The number of thiazole rings is 4. The second kappa shape index (κ2) is 48.9. The van der Waals surface area contributed by atoms with Crippen molar-refractivity contribution in [2.45, 2.75) is 92.9 Å². The molecule has 0 aliphatic rings. The van der Waals surface area contributed by atoms with E-state index in [1.165, 1.54) is 113 Å². The number of anilines is 4. The molecule has 0 aliphatic carbocycles. The first-order valence-electron chi connectivity index (χ1n) is 42.8. The fraction of sp³-hybridized carbons (Fsp3) is 0.237. The Morgan fingerprint density at radius 3 is 1.11 bits per heavy atom. The molecule has 0 unspecified atom stereocenters. The van der Waals surface area contributed by atoms with Crippen molar-refractivity contribution in [2.24, 2.45) is 5.73 Å². The third kappa shape index (κ3) is 27.1. The van der Waals surface area contributed by atoms with Crippen molar-refractivity contribution in [1.82, 2.24) is 136 Å². The summed E-state index contributed by atoms with van der Waals surface area (Å²) in [6, 6.07) is 43.5. The number of H-pyrrole nitrogens is 5. The number of ether oxygens (including phenoxy) is 1. The maximum Gasteiger partial charge on any atom is 0.347 e. The fourth-order valence-electron chi connectivity index (χ4n) is 13.6. The molecule has 20 rings (SSSR count). The van der Waals surface area contributed by atoms with Gasteiger partial charge >= 0.3 is 11.7 Å². The zero-order valence-electron chi connectivity index (χ0n) is 72.6. The van der Waals surface area contributed by atoms with Crippen molar-refractivity contribution in [3.63, 3.8) is 0 Å². The van der Waals surface area contributed by atoms with E-state index in [1.54, 1.807) is 18.3 Å². The lowest BCUT2D eigenvalue weighted by atomic mass is 10.3. The number of para-hydroxylation sites is 8. The Morgan fingerprint density at radius 2 is 0.739 bits per heavy atom. The average molecular weight is 1980 g/mol. The summed E-state index contributed by atoms with van der Waals surface area (Å²) in [5.74, 6) is 3.69. The summed E-state index contributed by atoms with van der Waals surface area (Å²) >= 11 is 17.7. The number of nitrogens with two attached hydrogens (primary N) is 1. The lowest BCUT2D eigenvalue weighted by Gasteiger charge is -2.08. The Hall–Kier alpha value is -14.4. The molecule has 0 saturated carbocycles. The molecule has 20 aromatic rings. The molecule has 16 aromatic heterocycles. The van der Waals surface area contributed by atoms with Crippen LogP contribution in [0.4, 0.5) is 40.8 Å². The predicted octanol–water partition coefficient (Wildman–Crippen LogP) is 16.2. The summed E-state index contributed by atoms with van der Waals surface area (Å²) in [5.41, 5.74) is 16.6. The number of nitrogens with one attached hydrogen (secondary N) is 12. The number of carbonyl (C=O) groups excluding carboxylic acids is 1. The van der Waals surface area contributed by atoms with Gasteiger partial charge in [0.05, 0.1) is 113 Å². The molecular formula is C93H94Cl2F4N32O3S4. The number of hydrogen-bond donors (Lipinski definition) is 13. The highest BCUT2D eigenvalue weighted by atomic mass is 35.5. The highest BCUT2D eigenvalue weighted by molar-refractivity contribution is 7.19. The number of pyridine rings is 4. The minimum atomic E-state index is -0.481. The van der Waals surface area contributed by atoms with Crippen molar-refractivity contribution in [2.75, 3.05) is 73.7 Å². The lowest BCUT2D eigenvalue weighted by Crippen LogP contribution is -2.20. The number of rotatable bonds is 36. The highest BCUT2D eigenvalue weighted by Gasteiger charge is 2.21. The lowest BCUT2D eigenvalue weighted by molar-refractivity contribution is -0.119. The molecule has 4 aromatic carbocycles. The van der Waals surface area contributed by atoms with Crippen LogP contribution >= 0.6 is 68.5 Å². The highest BCUT2D eigenvalue weighted by Crippen LogP contribution is 2.33. The number of benzene rings is 4. The van der Waals surface area contributed by atoms with E-state index in [2.05, 4.69) is 158 Å². The van der Waals surface area contributed by atoms with E-state index in [1.807, 2.05) is 97.1 Å². The largest absolute Gasteiger partial charge is 0.455 e. The number of imidazole rings is 4. The van der Waals surface area contributed by atoms with E-state index in [-0.39, 0.29) is 93.0 Å². The molecule has 710 valence electrons. The second-order valence-electron chi connectivity index (χ2n) is 29.9. The van der Waals surface area contributed by atoms with Crippen LogP contribution in [0.25, 0.3) is 91.6 Å². The third-order valence-electron chi connectivity index (χ3n) is 20.0. The molecule has 0 radical (unpaired) electrons. The molecule has 45 heteroatoms. The normalized spacial score (nSPS) is 11.1. The van der Waals surface area contributed by atoms with Crippen LogP contribution in [0.3, 0.4) is 0 Å². The monoisotopic (exact) mass is 1980 g/mol. The van der Waals surface area contributed by atoms with Gasteiger partial charge in [-0.1, -0.05) is 115 Å². The number of fused-ring (bicyclic) bond motifs is 8. The summed E-state index contributed by atoms with van der Waals surface area (Å²) < 4.78 is 60.8. The maximum absolute atomic E-state index is 14.0. The van der Waals surface area contributed by atoms with Gasteiger partial charge < -0.3 is 67.6 Å². The van der Waals surface area contributed by atoms with Crippen molar-refractivity contribution in [1.29, 1.82) is 0 Å². The van der Waals surface area contributed by atoms with Crippen molar-refractivity contribution < 1.29 is 27.1 Å². The first-order valence-corrected chi connectivity index (χ1v) is 46.8. The standard InChI is InChI=1S/C25H25FN8O2S.C22H20ClFN8S.C22H21FN8OS.C13H12ClFN6S.C9H8N2.2CH4/c1-15(35)14-36-25-33-23(29-13-19-16(26)5-4-10-28-19)22-24(34-25)37-21(32-22)9-12-27-11-8-20-30-17-6-2-3-7-18(17)31-20;23-22-31-20(27-12-16-13(24)4-3-9-26-16)19-21(32-22)33-18(30-19)8-11-25-10-7-17-28-14-5-1-2-6-15(14)29-17;23-13-4-3-9-25-16(13)12-26-20-19-21(31-22(32)30-20)33-18(29-19)8-11-24-10-7-17-27-14-5-1-2-6-15(14)28-17;14-13-20-11(18-6-8-7(15)2-1-5-17-8)10-12(21-13)22-9(19-10)3-4-16;1-2-9-10-7-5-3-4-6-8(7)11-9;;/h2-7,10,27H,8-9,11-14H2,1H3,(H,30,31)(H,29,33,34);1-6,9,25H,7-8,10-12H2,(H,28,29)(H,27,31,32);1-6,9,24H,7-8,10-12H2,(H,27,28)(H2,26,30,31,32);1-2,5H,3-4,6,16H2,(H,18,20,21);2-6H,1H2,(H,10,11);2*1H4. The van der Waals surface area contributed by atoms with Gasteiger partial charge in [-0.05, 0) is 140 Å². The number of hydrogen-bond acceptors (Lipinski definition) is 34. The Kier molecular flexibility index (Phi) is 35.3. The fourth-order valence-corrected chi connectivity index (χ4v) is 17.8. The van der Waals surface area contributed by atoms with Gasteiger partial charge in [-0.2, -0.15) is 24.9 Å². The van der Waals surface area contributed by atoms with Crippen LogP contribution in [-0.2, 0) is 75.9 Å². The molecule has 0 atom stereocenters. The van der Waals surface area contributed by atoms with Crippen LogP contribution in [0.5, 0.6) is 6.01 Å². The molecule has 16 heterocycles. The molecule has 35 nitrogen and oxygen atoms in total. The van der Waals surface area contributed by atoms with Gasteiger partial charge in [0.2, 0.25) is 10.6 Å². The number of nitrogens with zero attached hydrogens (tertiary/aromatic N) is 19. The van der Waals surface area contributed by atoms with Crippen molar-refractivity contribution in [3.05, 3.63) is 287 Å². The minimum Gasteiger partial charge on any atom is -0.455 e. The quantitative estimate of drug-likeness (QED) is 0.00985. The van der Waals surface area contributed by atoms with Gasteiger partial charge in [0.15, 0.2) is 42.6 Å². The Balaban J connectivity index is 0.000000142. The first kappa shape index (κ1) is 99.6. The minimum absolute atomic E-state index is 0. The van der Waals surface area contributed by atoms with E-state index in [0.717, 1.165) is 152 Å². The summed E-state index contributed by atoms with van der Waals surface area (Å²) in [4.78, 5) is 124. The van der Waals surface area contributed by atoms with E-state index in [4.69, 9.17) is 38.7 Å². The van der Waals surface area contributed by atoms with Crippen LogP contribution in [0.2, 0.25) is 10.6 Å². The molecule has 0 spiro atoms. The topological polar surface area (TPSA) is 477 Å². The second-order valence-corrected chi connectivity index (χ2v) is 34.8. The smallest absolute Gasteiger partial charge is 0.347 e. The van der Waals surface area contributed by atoms with Crippen LogP contribution in [0, 0.1) is 23.3 Å². The number of aromatic nitrogens is 24. The zero-order valence-corrected chi connectivity index (χ0v) is 77.4. The van der Waals surface area contributed by atoms with Gasteiger partial charge in [0.1, 0.15) is 81.1 Å².